The molecular weight excluding hydrogens is 345 g/mol. The lowest BCUT2D eigenvalue weighted by atomic mass is 9.77. The van der Waals surface area contributed by atoms with E-state index in [9.17, 15) is 9.90 Å². The number of rotatable bonds is 2. The molecule has 2 aromatic carbocycles. The normalized spacial score (nSPS) is 24.2. The van der Waals surface area contributed by atoms with E-state index in [-0.39, 0.29) is 17.5 Å². The molecule has 3 nitrogen and oxygen atoms in total. The molecular formula is C19H14Cl2NO2-. The van der Waals surface area contributed by atoms with E-state index in [1.165, 1.54) is 0 Å². The quantitative estimate of drug-likeness (QED) is 0.819. The zero-order chi connectivity index (χ0) is 16.8. The number of nitrogens with one attached hydrogen (secondary N) is 1. The minimum atomic E-state index is -1.17. The van der Waals surface area contributed by atoms with Crippen LogP contribution in [0.2, 0.25) is 10.0 Å². The molecule has 0 amide bonds. The lowest BCUT2D eigenvalue weighted by Gasteiger charge is -2.38. The molecule has 2 aromatic rings. The molecule has 1 aliphatic heterocycles. The molecule has 1 heterocycles. The van der Waals surface area contributed by atoms with Crippen LogP contribution in [0.4, 0.5) is 5.69 Å². The SMILES string of the molecule is O=C([O-])c1ccc([C@H]2Nc3c(Cl)ccc(Cl)c3[C@H]3C=CC[C@@H]32)cc1. The smallest absolute Gasteiger partial charge is 0.0715 e. The van der Waals surface area contributed by atoms with Crippen LogP contribution in [0.5, 0.6) is 0 Å². The van der Waals surface area contributed by atoms with Crippen LogP contribution in [-0.2, 0) is 0 Å². The van der Waals surface area contributed by atoms with Gasteiger partial charge in [0.25, 0.3) is 0 Å². The van der Waals surface area contributed by atoms with Crippen molar-refractivity contribution in [3.8, 4) is 0 Å². The van der Waals surface area contributed by atoms with Crippen molar-refractivity contribution in [3.05, 3.63) is 75.3 Å². The van der Waals surface area contributed by atoms with Gasteiger partial charge < -0.3 is 15.2 Å². The molecule has 0 fully saturated rings. The second-order valence-corrected chi connectivity index (χ2v) is 7.02. The van der Waals surface area contributed by atoms with Crippen LogP contribution in [0.3, 0.4) is 0 Å². The summed E-state index contributed by atoms with van der Waals surface area (Å²) in [6.45, 7) is 0. The minimum Gasteiger partial charge on any atom is -0.545 e. The molecule has 0 aromatic heterocycles. The number of benzene rings is 2. The third kappa shape index (κ3) is 2.40. The van der Waals surface area contributed by atoms with E-state index in [1.807, 2.05) is 18.2 Å². The fourth-order valence-electron chi connectivity index (χ4n) is 3.79. The Morgan fingerprint density at radius 2 is 1.79 bits per heavy atom. The second-order valence-electron chi connectivity index (χ2n) is 6.20. The highest BCUT2D eigenvalue weighted by Crippen LogP contribution is 2.53. The first-order chi connectivity index (χ1) is 11.6. The van der Waals surface area contributed by atoms with Crippen molar-refractivity contribution in [1.82, 2.24) is 0 Å². The van der Waals surface area contributed by atoms with Crippen molar-refractivity contribution < 1.29 is 9.90 Å². The summed E-state index contributed by atoms with van der Waals surface area (Å²) in [5.74, 6) is -0.640. The molecule has 0 radical (unpaired) electrons. The first-order valence-electron chi connectivity index (χ1n) is 7.78. The van der Waals surface area contributed by atoms with Crippen LogP contribution >= 0.6 is 23.2 Å². The molecule has 5 heteroatoms. The van der Waals surface area contributed by atoms with Gasteiger partial charge in [-0.05, 0) is 35.6 Å². The number of allylic oxidation sites excluding steroid dienone is 2. The highest BCUT2D eigenvalue weighted by molar-refractivity contribution is 6.36. The number of aromatic carboxylic acids is 1. The largest absolute Gasteiger partial charge is 0.545 e. The minimum absolute atomic E-state index is 0.0456. The van der Waals surface area contributed by atoms with E-state index in [4.69, 9.17) is 23.2 Å². The Morgan fingerprint density at radius 1 is 1.08 bits per heavy atom. The molecule has 0 spiro atoms. The number of halogens is 2. The van der Waals surface area contributed by atoms with Gasteiger partial charge in [0.2, 0.25) is 0 Å². The third-order valence-electron chi connectivity index (χ3n) is 4.92. The predicted octanol–water partition coefficient (Wildman–Crippen LogP) is 4.18. The molecule has 122 valence electrons. The molecule has 0 bridgehead atoms. The second kappa shape index (κ2) is 5.83. The number of fused-ring (bicyclic) bond motifs is 3. The summed E-state index contributed by atoms with van der Waals surface area (Å²) in [5, 5.41) is 15.8. The van der Waals surface area contributed by atoms with Gasteiger partial charge in [-0.25, -0.2) is 0 Å². The third-order valence-corrected chi connectivity index (χ3v) is 5.57. The Morgan fingerprint density at radius 3 is 2.50 bits per heavy atom. The number of carboxylic acids is 1. The van der Waals surface area contributed by atoms with Crippen LogP contribution in [0.25, 0.3) is 0 Å². The summed E-state index contributed by atoms with van der Waals surface area (Å²) in [7, 11) is 0. The summed E-state index contributed by atoms with van der Waals surface area (Å²) in [5.41, 5.74) is 3.12. The standard InChI is InChI=1S/C19H15Cl2NO2/c20-14-8-9-15(21)18-16(14)12-2-1-3-13(12)17(22-18)10-4-6-11(7-5-10)19(23)24/h1-2,4-9,12-13,17,22H,3H2,(H,23,24)/p-1/t12-,13-,17+/m0/s1. The molecule has 0 unspecified atom stereocenters. The summed E-state index contributed by atoms with van der Waals surface area (Å²) in [4.78, 5) is 10.9. The van der Waals surface area contributed by atoms with Gasteiger partial charge >= 0.3 is 0 Å². The van der Waals surface area contributed by atoms with Gasteiger partial charge in [0, 0.05) is 16.5 Å². The van der Waals surface area contributed by atoms with E-state index < -0.39 is 5.97 Å². The fraction of sp³-hybridized carbons (Fsp3) is 0.211. The highest BCUT2D eigenvalue weighted by Gasteiger charge is 2.39. The van der Waals surface area contributed by atoms with Gasteiger partial charge in [-0.1, -0.05) is 59.6 Å². The van der Waals surface area contributed by atoms with E-state index in [1.54, 1.807) is 18.2 Å². The number of hydrogen-bond donors (Lipinski definition) is 1. The molecule has 2 aliphatic rings. The summed E-state index contributed by atoms with van der Waals surface area (Å²) in [6, 6.07) is 10.5. The van der Waals surface area contributed by atoms with E-state index in [0.717, 1.165) is 23.2 Å². The van der Waals surface area contributed by atoms with Crippen LogP contribution in [0.1, 0.15) is 39.9 Å². The van der Waals surface area contributed by atoms with E-state index in [0.29, 0.717) is 16.0 Å². The Bertz CT molecular complexity index is 845. The number of anilines is 1. The van der Waals surface area contributed by atoms with Crippen LogP contribution in [-0.4, -0.2) is 5.97 Å². The maximum Gasteiger partial charge on any atom is 0.0715 e. The lowest BCUT2D eigenvalue weighted by molar-refractivity contribution is -0.255. The summed E-state index contributed by atoms with van der Waals surface area (Å²) < 4.78 is 0. The first kappa shape index (κ1) is 15.6. The van der Waals surface area contributed by atoms with Crippen LogP contribution in [0, 0.1) is 5.92 Å². The van der Waals surface area contributed by atoms with Gasteiger partial charge in [-0.15, -0.1) is 0 Å². The zero-order valence-corrected chi connectivity index (χ0v) is 14.1. The van der Waals surface area contributed by atoms with Gasteiger partial charge in [0.05, 0.1) is 22.7 Å². The van der Waals surface area contributed by atoms with Crippen molar-refractivity contribution in [3.63, 3.8) is 0 Å². The number of hydrogen-bond acceptors (Lipinski definition) is 3. The van der Waals surface area contributed by atoms with Gasteiger partial charge in [-0.2, -0.15) is 0 Å². The van der Waals surface area contributed by atoms with Crippen molar-refractivity contribution >= 4 is 34.9 Å². The van der Waals surface area contributed by atoms with Crippen LogP contribution in [0.15, 0.2) is 48.6 Å². The fourth-order valence-corrected chi connectivity index (χ4v) is 4.29. The monoisotopic (exact) mass is 358 g/mol. The average Bonchev–Trinajstić information content (AvgIpc) is 3.07. The number of carboxylic acid groups (broad SMARTS) is 1. The Labute approximate surface area is 149 Å². The van der Waals surface area contributed by atoms with Gasteiger partial charge in [-0.3, -0.25) is 0 Å². The Kier molecular flexibility index (Phi) is 3.78. The van der Waals surface area contributed by atoms with Gasteiger partial charge in [0.1, 0.15) is 0 Å². The van der Waals surface area contributed by atoms with Crippen molar-refractivity contribution in [2.75, 3.05) is 5.32 Å². The molecule has 4 rings (SSSR count). The van der Waals surface area contributed by atoms with Crippen molar-refractivity contribution in [1.29, 1.82) is 0 Å². The first-order valence-corrected chi connectivity index (χ1v) is 8.54. The summed E-state index contributed by atoms with van der Waals surface area (Å²) >= 11 is 12.8. The topological polar surface area (TPSA) is 52.2 Å². The van der Waals surface area contributed by atoms with Crippen molar-refractivity contribution in [2.45, 2.75) is 18.4 Å². The predicted molar refractivity (Wildman–Crippen MR) is 93.6 cm³/mol. The highest BCUT2D eigenvalue weighted by atomic mass is 35.5. The van der Waals surface area contributed by atoms with Gasteiger partial charge in [0.15, 0.2) is 0 Å². The summed E-state index contributed by atoms with van der Waals surface area (Å²) in [6.07, 6.45) is 5.30. The molecule has 1 aliphatic carbocycles. The average molecular weight is 359 g/mol. The molecule has 24 heavy (non-hydrogen) atoms. The maximum absolute atomic E-state index is 10.9. The van der Waals surface area contributed by atoms with Crippen molar-refractivity contribution in [2.24, 2.45) is 5.92 Å². The zero-order valence-electron chi connectivity index (χ0n) is 12.6. The lowest BCUT2D eigenvalue weighted by Crippen LogP contribution is -2.29. The van der Waals surface area contributed by atoms with E-state index in [2.05, 4.69) is 17.5 Å². The number of carbonyl (C=O) groups excluding carboxylic acids is 1. The Hall–Kier alpha value is -1.97. The molecule has 3 atom stereocenters. The molecule has 1 N–H and O–H groups in total. The Balaban J connectivity index is 1.78. The van der Waals surface area contributed by atoms with E-state index >= 15 is 0 Å². The van der Waals surface area contributed by atoms with Crippen LogP contribution < -0.4 is 10.4 Å². The molecule has 0 saturated carbocycles. The number of carbonyl (C=O) groups is 1. The molecule has 0 saturated heterocycles. The maximum atomic E-state index is 10.9.